The molecule has 154 valence electrons. The summed E-state index contributed by atoms with van der Waals surface area (Å²) in [4.78, 5) is 16.0. The minimum Gasteiger partial charge on any atom is -0.381 e. The van der Waals surface area contributed by atoms with Gasteiger partial charge in [-0.3, -0.25) is 4.79 Å². The molecule has 0 fully saturated rings. The predicted molar refractivity (Wildman–Crippen MR) is 124 cm³/mol. The Bertz CT molecular complexity index is 1260. The molecule has 0 saturated carbocycles. The van der Waals surface area contributed by atoms with Gasteiger partial charge in [0.25, 0.3) is 5.56 Å². The lowest BCUT2D eigenvalue weighted by molar-refractivity contribution is 0.565. The smallest absolute Gasteiger partial charge is 0.254 e. The number of benzene rings is 2. The van der Waals surface area contributed by atoms with Gasteiger partial charge in [0.1, 0.15) is 5.65 Å². The zero-order valence-corrected chi connectivity index (χ0v) is 18.2. The summed E-state index contributed by atoms with van der Waals surface area (Å²) in [5.41, 5.74) is 6.54. The molecule has 5 heteroatoms. The van der Waals surface area contributed by atoms with Crippen molar-refractivity contribution < 1.29 is 0 Å². The van der Waals surface area contributed by atoms with Crippen LogP contribution in [0.3, 0.4) is 0 Å². The molecule has 0 radical (unpaired) electrons. The van der Waals surface area contributed by atoms with Crippen LogP contribution in [-0.4, -0.2) is 14.8 Å². The van der Waals surface area contributed by atoms with Gasteiger partial charge < -0.3 is 10.3 Å². The highest BCUT2D eigenvalue weighted by Crippen LogP contribution is 2.30. The van der Waals surface area contributed by atoms with Crippen molar-refractivity contribution in [3.8, 4) is 5.69 Å². The average Bonchev–Trinajstić information content (AvgIpc) is 3.08. The Kier molecular flexibility index (Phi) is 4.98. The number of fused-ring (bicyclic) bond motifs is 1. The second kappa shape index (κ2) is 7.48. The molecular formula is C25H28N4O. The normalized spacial score (nSPS) is 11.8. The van der Waals surface area contributed by atoms with Crippen LogP contribution >= 0.6 is 0 Å². The van der Waals surface area contributed by atoms with E-state index in [-0.39, 0.29) is 11.0 Å². The van der Waals surface area contributed by atoms with Crippen LogP contribution in [0, 0.1) is 13.8 Å². The van der Waals surface area contributed by atoms with Gasteiger partial charge in [-0.1, -0.05) is 45.0 Å². The molecule has 0 aliphatic rings. The number of aryl methyl sites for hydroxylation is 2. The van der Waals surface area contributed by atoms with Gasteiger partial charge in [0.15, 0.2) is 0 Å². The first-order chi connectivity index (χ1) is 14.2. The van der Waals surface area contributed by atoms with E-state index in [1.165, 1.54) is 11.1 Å². The number of para-hydroxylation sites is 1. The molecule has 0 bridgehead atoms. The maximum Gasteiger partial charge on any atom is 0.254 e. The van der Waals surface area contributed by atoms with Gasteiger partial charge in [0.2, 0.25) is 0 Å². The molecule has 5 nitrogen and oxygen atoms in total. The third kappa shape index (κ3) is 3.75. The number of pyridine rings is 1. The number of hydrogen-bond acceptors (Lipinski definition) is 3. The molecule has 2 N–H and O–H groups in total. The standard InChI is InChI=1S/C25H28N4O/c1-16-11-12-19(13-17(16)2)26-15-18-14-21-22(25(3,4)5)28-29(23(21)27-24(18)30)20-9-7-6-8-10-20/h6-14,26H,15H2,1-5H3,(H,27,30). The fourth-order valence-corrected chi connectivity index (χ4v) is 3.60. The van der Waals surface area contributed by atoms with Crippen molar-refractivity contribution in [1.82, 2.24) is 14.8 Å². The van der Waals surface area contributed by atoms with Crippen LogP contribution < -0.4 is 10.9 Å². The van der Waals surface area contributed by atoms with Crippen LogP contribution in [0.15, 0.2) is 59.4 Å². The van der Waals surface area contributed by atoms with Gasteiger partial charge >= 0.3 is 0 Å². The van der Waals surface area contributed by atoms with E-state index in [0.717, 1.165) is 28.1 Å². The van der Waals surface area contributed by atoms with Crippen LogP contribution in [0.4, 0.5) is 5.69 Å². The molecule has 0 saturated heterocycles. The highest BCUT2D eigenvalue weighted by Gasteiger charge is 2.24. The third-order valence-electron chi connectivity index (χ3n) is 5.47. The highest BCUT2D eigenvalue weighted by molar-refractivity contribution is 5.81. The van der Waals surface area contributed by atoms with Crippen LogP contribution in [-0.2, 0) is 12.0 Å². The fourth-order valence-electron chi connectivity index (χ4n) is 3.60. The monoisotopic (exact) mass is 400 g/mol. The van der Waals surface area contributed by atoms with E-state index in [1.54, 1.807) is 0 Å². The van der Waals surface area contributed by atoms with E-state index in [1.807, 2.05) is 47.1 Å². The lowest BCUT2D eigenvalue weighted by Gasteiger charge is -2.15. The zero-order valence-electron chi connectivity index (χ0n) is 18.2. The van der Waals surface area contributed by atoms with E-state index in [4.69, 9.17) is 5.10 Å². The second-order valence-electron chi connectivity index (χ2n) is 8.88. The first-order valence-corrected chi connectivity index (χ1v) is 10.3. The van der Waals surface area contributed by atoms with E-state index >= 15 is 0 Å². The van der Waals surface area contributed by atoms with Gasteiger partial charge in [-0.05, 0) is 55.3 Å². The van der Waals surface area contributed by atoms with Crippen molar-refractivity contribution in [2.24, 2.45) is 0 Å². The molecule has 0 atom stereocenters. The molecule has 0 unspecified atom stereocenters. The average molecular weight is 401 g/mol. The van der Waals surface area contributed by atoms with Gasteiger partial charge in [0, 0.05) is 28.6 Å². The van der Waals surface area contributed by atoms with E-state index < -0.39 is 0 Å². The Morgan fingerprint density at radius 1 is 1.00 bits per heavy atom. The number of H-pyrrole nitrogens is 1. The highest BCUT2D eigenvalue weighted by atomic mass is 16.1. The summed E-state index contributed by atoms with van der Waals surface area (Å²) < 4.78 is 1.83. The molecule has 2 aromatic heterocycles. The van der Waals surface area contributed by atoms with Crippen molar-refractivity contribution in [1.29, 1.82) is 0 Å². The maximum atomic E-state index is 12.9. The quantitative estimate of drug-likeness (QED) is 0.492. The van der Waals surface area contributed by atoms with Gasteiger partial charge in [-0.15, -0.1) is 0 Å². The lowest BCUT2D eigenvalue weighted by atomic mass is 9.90. The van der Waals surface area contributed by atoms with Crippen molar-refractivity contribution in [2.75, 3.05) is 5.32 Å². The van der Waals surface area contributed by atoms with Crippen LogP contribution in [0.5, 0.6) is 0 Å². The van der Waals surface area contributed by atoms with Gasteiger partial charge in [0.05, 0.1) is 11.4 Å². The molecule has 2 heterocycles. The van der Waals surface area contributed by atoms with Crippen molar-refractivity contribution >= 4 is 16.7 Å². The van der Waals surface area contributed by atoms with Crippen molar-refractivity contribution in [3.63, 3.8) is 0 Å². The Labute approximate surface area is 176 Å². The molecule has 30 heavy (non-hydrogen) atoms. The van der Waals surface area contributed by atoms with E-state index in [2.05, 4.69) is 57.1 Å². The van der Waals surface area contributed by atoms with Crippen LogP contribution in [0.1, 0.15) is 43.2 Å². The summed E-state index contributed by atoms with van der Waals surface area (Å²) in [5.74, 6) is 0. The number of aromatic amines is 1. The summed E-state index contributed by atoms with van der Waals surface area (Å²) in [5, 5.41) is 9.24. The summed E-state index contributed by atoms with van der Waals surface area (Å²) in [6.45, 7) is 11.1. The number of rotatable bonds is 4. The topological polar surface area (TPSA) is 62.7 Å². The number of anilines is 1. The number of nitrogens with one attached hydrogen (secondary N) is 2. The molecule has 0 aliphatic carbocycles. The molecule has 0 aliphatic heterocycles. The maximum absolute atomic E-state index is 12.9. The van der Waals surface area contributed by atoms with Crippen LogP contribution in [0.2, 0.25) is 0 Å². The predicted octanol–water partition coefficient (Wildman–Crippen LogP) is 5.24. The molecular weight excluding hydrogens is 372 g/mol. The third-order valence-corrected chi connectivity index (χ3v) is 5.47. The first kappa shape index (κ1) is 20.0. The van der Waals surface area contributed by atoms with E-state index in [9.17, 15) is 4.79 Å². The number of aromatic nitrogens is 3. The molecule has 0 amide bonds. The van der Waals surface area contributed by atoms with Gasteiger partial charge in [-0.2, -0.15) is 5.10 Å². The van der Waals surface area contributed by atoms with Crippen molar-refractivity contribution in [3.05, 3.63) is 87.3 Å². The summed E-state index contributed by atoms with van der Waals surface area (Å²) in [7, 11) is 0. The summed E-state index contributed by atoms with van der Waals surface area (Å²) in [6, 6.07) is 18.1. The van der Waals surface area contributed by atoms with Crippen LogP contribution in [0.25, 0.3) is 16.7 Å². The Balaban J connectivity index is 1.78. The fraction of sp³-hybridized carbons (Fsp3) is 0.280. The molecule has 0 spiro atoms. The minimum atomic E-state index is -0.157. The summed E-state index contributed by atoms with van der Waals surface area (Å²) >= 11 is 0. The number of hydrogen-bond donors (Lipinski definition) is 2. The van der Waals surface area contributed by atoms with Gasteiger partial charge in [-0.25, -0.2) is 4.68 Å². The summed E-state index contributed by atoms with van der Waals surface area (Å²) in [6.07, 6.45) is 0. The molecule has 4 rings (SSSR count). The van der Waals surface area contributed by atoms with Crippen molar-refractivity contribution in [2.45, 2.75) is 46.6 Å². The SMILES string of the molecule is Cc1ccc(NCc2cc3c(C(C)(C)C)nn(-c4ccccc4)c3[nH]c2=O)cc1C. The Morgan fingerprint density at radius 2 is 1.73 bits per heavy atom. The second-order valence-corrected chi connectivity index (χ2v) is 8.88. The van der Waals surface area contributed by atoms with E-state index in [0.29, 0.717) is 12.1 Å². The first-order valence-electron chi connectivity index (χ1n) is 10.3. The zero-order chi connectivity index (χ0) is 21.5. The molecule has 4 aromatic rings. The minimum absolute atomic E-state index is 0.101. The largest absolute Gasteiger partial charge is 0.381 e. The lowest BCUT2D eigenvalue weighted by Crippen LogP contribution is -2.17. The number of nitrogens with zero attached hydrogens (tertiary/aromatic N) is 2. The Hall–Kier alpha value is -3.34. The Morgan fingerprint density at radius 3 is 2.40 bits per heavy atom. The molecule has 2 aromatic carbocycles.